The summed E-state index contributed by atoms with van der Waals surface area (Å²) in [5.74, 6) is 0. The maximum atomic E-state index is 6.57. The van der Waals surface area contributed by atoms with E-state index in [0.717, 1.165) is 31.4 Å². The highest BCUT2D eigenvalue weighted by atomic mass is 16.5. The highest BCUT2D eigenvalue weighted by Gasteiger charge is 2.42. The maximum absolute atomic E-state index is 6.57. The number of nitrogens with zero attached hydrogens (tertiary/aromatic N) is 2. The van der Waals surface area contributed by atoms with Gasteiger partial charge in [0.15, 0.2) is 0 Å². The molecule has 0 amide bonds. The molecule has 2 N–H and O–H groups in total. The molecule has 0 aliphatic heterocycles. The van der Waals surface area contributed by atoms with Crippen molar-refractivity contribution in [2.24, 2.45) is 18.2 Å². The van der Waals surface area contributed by atoms with Gasteiger partial charge in [0.25, 0.3) is 0 Å². The summed E-state index contributed by atoms with van der Waals surface area (Å²) in [6.07, 6.45) is 6.26. The number of hydrogen-bond acceptors (Lipinski definition) is 3. The highest BCUT2D eigenvalue weighted by Crippen LogP contribution is 2.43. The molecule has 1 atom stereocenters. The summed E-state index contributed by atoms with van der Waals surface area (Å²) < 4.78 is 7.89. The van der Waals surface area contributed by atoms with Gasteiger partial charge in [-0.1, -0.05) is 20.8 Å². The molecule has 0 spiro atoms. The number of nitrogens with two attached hydrogens (primary N) is 1. The van der Waals surface area contributed by atoms with Crippen molar-refractivity contribution in [2.75, 3.05) is 7.11 Å². The molecule has 1 fully saturated rings. The average Bonchev–Trinajstić information content (AvgIpc) is 2.80. The standard InChI is InChI=1S/C17H31N3O/c1-6-13-11-14(20(4)19-13)12-15(18)17(21-5)9-7-16(2,3)8-10-17/h11,15H,6-10,12,18H2,1-5H3. The quantitative estimate of drug-likeness (QED) is 0.908. The summed E-state index contributed by atoms with van der Waals surface area (Å²) in [6, 6.07) is 2.20. The lowest BCUT2D eigenvalue weighted by Gasteiger charge is -2.46. The van der Waals surface area contributed by atoms with Crippen LogP contribution in [0.15, 0.2) is 6.07 Å². The third kappa shape index (κ3) is 3.49. The number of aryl methyl sites for hydroxylation is 2. The first kappa shape index (κ1) is 16.5. The molecule has 1 aromatic heterocycles. The van der Waals surface area contributed by atoms with Gasteiger partial charge in [0.05, 0.1) is 11.3 Å². The van der Waals surface area contributed by atoms with E-state index in [-0.39, 0.29) is 11.6 Å². The smallest absolute Gasteiger partial charge is 0.0833 e. The zero-order chi connectivity index (χ0) is 15.7. The van der Waals surface area contributed by atoms with Crippen molar-refractivity contribution in [3.63, 3.8) is 0 Å². The molecular weight excluding hydrogens is 262 g/mol. The van der Waals surface area contributed by atoms with E-state index in [0.29, 0.717) is 5.41 Å². The number of ether oxygens (including phenoxy) is 1. The van der Waals surface area contributed by atoms with Crippen molar-refractivity contribution < 1.29 is 4.74 Å². The van der Waals surface area contributed by atoms with E-state index in [4.69, 9.17) is 10.5 Å². The monoisotopic (exact) mass is 293 g/mol. The van der Waals surface area contributed by atoms with Crippen LogP contribution in [0, 0.1) is 5.41 Å². The van der Waals surface area contributed by atoms with Crippen molar-refractivity contribution in [3.8, 4) is 0 Å². The molecule has 1 aliphatic carbocycles. The van der Waals surface area contributed by atoms with Crippen LogP contribution in [-0.4, -0.2) is 28.5 Å². The Morgan fingerprint density at radius 3 is 2.43 bits per heavy atom. The van der Waals surface area contributed by atoms with Crippen molar-refractivity contribution in [1.29, 1.82) is 0 Å². The summed E-state index contributed by atoms with van der Waals surface area (Å²) >= 11 is 0. The lowest BCUT2D eigenvalue weighted by atomic mass is 9.68. The Bertz CT molecular complexity index is 468. The first-order valence-electron chi connectivity index (χ1n) is 8.14. The number of aromatic nitrogens is 2. The van der Waals surface area contributed by atoms with Gasteiger partial charge in [-0.25, -0.2) is 0 Å². The topological polar surface area (TPSA) is 53.1 Å². The molecule has 1 saturated carbocycles. The zero-order valence-electron chi connectivity index (χ0n) is 14.3. The molecule has 21 heavy (non-hydrogen) atoms. The molecule has 1 heterocycles. The van der Waals surface area contributed by atoms with Crippen molar-refractivity contribution in [1.82, 2.24) is 9.78 Å². The fraction of sp³-hybridized carbons (Fsp3) is 0.824. The van der Waals surface area contributed by atoms with Gasteiger partial charge in [0, 0.05) is 32.3 Å². The van der Waals surface area contributed by atoms with Crippen molar-refractivity contribution in [3.05, 3.63) is 17.5 Å². The van der Waals surface area contributed by atoms with Crippen molar-refractivity contribution in [2.45, 2.75) is 70.9 Å². The lowest BCUT2D eigenvalue weighted by Crippen LogP contribution is -2.53. The number of methoxy groups -OCH3 is 1. The molecule has 4 heteroatoms. The Hall–Kier alpha value is -0.870. The van der Waals surface area contributed by atoms with Gasteiger partial charge in [0.1, 0.15) is 0 Å². The lowest BCUT2D eigenvalue weighted by molar-refractivity contribution is -0.0784. The number of hydrogen-bond donors (Lipinski definition) is 1. The first-order valence-corrected chi connectivity index (χ1v) is 8.14. The Balaban J connectivity index is 2.10. The minimum absolute atomic E-state index is 0.0266. The van der Waals surface area contributed by atoms with Crippen LogP contribution in [0.3, 0.4) is 0 Å². The van der Waals surface area contributed by atoms with E-state index in [9.17, 15) is 0 Å². The van der Waals surface area contributed by atoms with Gasteiger partial charge < -0.3 is 10.5 Å². The van der Waals surface area contributed by atoms with Crippen LogP contribution in [-0.2, 0) is 24.6 Å². The number of rotatable bonds is 5. The second-order valence-electron chi connectivity index (χ2n) is 7.35. The van der Waals surface area contributed by atoms with Gasteiger partial charge >= 0.3 is 0 Å². The Morgan fingerprint density at radius 2 is 1.95 bits per heavy atom. The third-order valence-corrected chi connectivity index (χ3v) is 5.35. The molecular formula is C17H31N3O. The van der Waals surface area contributed by atoms with Crippen LogP contribution < -0.4 is 5.73 Å². The molecule has 2 rings (SSSR count). The van der Waals surface area contributed by atoms with E-state index in [1.54, 1.807) is 0 Å². The summed E-state index contributed by atoms with van der Waals surface area (Å²) in [5, 5.41) is 4.52. The largest absolute Gasteiger partial charge is 0.377 e. The molecule has 0 aromatic carbocycles. The highest BCUT2D eigenvalue weighted by molar-refractivity contribution is 5.13. The molecule has 1 aliphatic rings. The van der Waals surface area contributed by atoms with Crippen LogP contribution in [0.4, 0.5) is 0 Å². The minimum atomic E-state index is -0.174. The summed E-state index contributed by atoms with van der Waals surface area (Å²) in [4.78, 5) is 0. The molecule has 0 saturated heterocycles. The fourth-order valence-electron chi connectivity index (χ4n) is 3.42. The molecule has 120 valence electrons. The molecule has 1 aromatic rings. The zero-order valence-corrected chi connectivity index (χ0v) is 14.3. The predicted octanol–water partition coefficient (Wildman–Crippen LogP) is 2.84. The van der Waals surface area contributed by atoms with Crippen molar-refractivity contribution >= 4 is 0 Å². The second kappa shape index (κ2) is 6.09. The Kier molecular flexibility index (Phi) is 4.79. The first-order chi connectivity index (χ1) is 9.82. The molecule has 4 nitrogen and oxygen atoms in total. The summed E-state index contributed by atoms with van der Waals surface area (Å²) in [7, 11) is 3.82. The average molecular weight is 293 g/mol. The van der Waals surface area contributed by atoms with E-state index in [2.05, 4.69) is 31.9 Å². The minimum Gasteiger partial charge on any atom is -0.377 e. The van der Waals surface area contributed by atoms with Gasteiger partial charge in [-0.05, 0) is 43.6 Å². The van der Waals surface area contributed by atoms with Gasteiger partial charge in [-0.3, -0.25) is 4.68 Å². The Morgan fingerprint density at radius 1 is 1.33 bits per heavy atom. The normalized spacial score (nSPS) is 22.2. The molecule has 1 unspecified atom stereocenters. The van der Waals surface area contributed by atoms with Crippen LogP contribution in [0.2, 0.25) is 0 Å². The van der Waals surface area contributed by atoms with Crippen LogP contribution in [0.1, 0.15) is 57.8 Å². The second-order valence-corrected chi connectivity index (χ2v) is 7.35. The SMILES string of the molecule is CCc1cc(CC(N)C2(OC)CCC(C)(C)CC2)n(C)n1. The molecule has 0 radical (unpaired) electrons. The third-order valence-electron chi connectivity index (χ3n) is 5.35. The van der Waals surface area contributed by atoms with Gasteiger partial charge in [-0.2, -0.15) is 5.10 Å². The summed E-state index contributed by atoms with van der Waals surface area (Å²) in [6.45, 7) is 6.81. The summed E-state index contributed by atoms with van der Waals surface area (Å²) in [5.41, 5.74) is 9.16. The fourth-order valence-corrected chi connectivity index (χ4v) is 3.42. The van der Waals surface area contributed by atoms with E-state index in [1.165, 1.54) is 18.5 Å². The maximum Gasteiger partial charge on any atom is 0.0833 e. The predicted molar refractivity (Wildman–Crippen MR) is 86.3 cm³/mol. The van der Waals surface area contributed by atoms with E-state index >= 15 is 0 Å². The Labute approximate surface area is 129 Å². The van der Waals surface area contributed by atoms with E-state index in [1.807, 2.05) is 18.8 Å². The van der Waals surface area contributed by atoms with Gasteiger partial charge in [-0.15, -0.1) is 0 Å². The van der Waals surface area contributed by atoms with Crippen LogP contribution in [0.25, 0.3) is 0 Å². The van der Waals surface area contributed by atoms with Crippen LogP contribution in [0.5, 0.6) is 0 Å². The van der Waals surface area contributed by atoms with Gasteiger partial charge in [0.2, 0.25) is 0 Å². The molecule has 0 bridgehead atoms. The van der Waals surface area contributed by atoms with Crippen LogP contribution >= 0.6 is 0 Å². The van der Waals surface area contributed by atoms with E-state index < -0.39 is 0 Å².